The minimum absolute atomic E-state index is 0.136. The van der Waals surface area contributed by atoms with Crippen molar-refractivity contribution in [2.24, 2.45) is 0 Å². The molecule has 6 heteroatoms. The molecule has 106 valence electrons. The van der Waals surface area contributed by atoms with Crippen molar-refractivity contribution in [3.05, 3.63) is 45.4 Å². The van der Waals surface area contributed by atoms with Gasteiger partial charge in [-0.05, 0) is 40.9 Å². The van der Waals surface area contributed by atoms with Gasteiger partial charge in [-0.3, -0.25) is 14.5 Å². The summed E-state index contributed by atoms with van der Waals surface area (Å²) in [5.74, 6) is -0.136. The Bertz CT molecular complexity index is 637. The molecule has 2 aromatic heterocycles. The van der Waals surface area contributed by atoms with Crippen molar-refractivity contribution in [1.82, 2.24) is 14.8 Å². The Labute approximate surface area is 126 Å². The van der Waals surface area contributed by atoms with Gasteiger partial charge in [-0.25, -0.2) is 0 Å². The maximum Gasteiger partial charge on any atom is 0.230 e. The molecule has 0 atom stereocenters. The number of rotatable bonds is 5. The largest absolute Gasteiger partial charge is 0.383 e. The van der Waals surface area contributed by atoms with Gasteiger partial charge in [-0.15, -0.1) is 0 Å². The number of methoxy groups -OCH3 is 1. The summed E-state index contributed by atoms with van der Waals surface area (Å²) >= 11 is 3.37. The zero-order chi connectivity index (χ0) is 14.7. The smallest absolute Gasteiger partial charge is 0.230 e. The van der Waals surface area contributed by atoms with Crippen LogP contribution in [0.25, 0.3) is 0 Å². The minimum Gasteiger partial charge on any atom is -0.383 e. The molecule has 0 saturated heterocycles. The van der Waals surface area contributed by atoms with Gasteiger partial charge < -0.3 is 4.74 Å². The van der Waals surface area contributed by atoms with Crippen molar-refractivity contribution >= 4 is 21.7 Å². The van der Waals surface area contributed by atoms with E-state index in [4.69, 9.17) is 4.74 Å². The second-order valence-electron chi connectivity index (χ2n) is 4.56. The molecule has 0 aliphatic carbocycles. The molecule has 0 fully saturated rings. The quantitative estimate of drug-likeness (QED) is 0.786. The summed E-state index contributed by atoms with van der Waals surface area (Å²) in [7, 11) is 1.62. The average Bonchev–Trinajstić information content (AvgIpc) is 2.77. The van der Waals surface area contributed by atoms with Gasteiger partial charge in [0, 0.05) is 13.3 Å². The van der Waals surface area contributed by atoms with Gasteiger partial charge in [0.2, 0.25) is 5.78 Å². The molecule has 0 spiro atoms. The van der Waals surface area contributed by atoms with Crippen LogP contribution in [0.5, 0.6) is 0 Å². The first-order chi connectivity index (χ1) is 9.54. The maximum absolute atomic E-state index is 12.7. The molecule has 0 unspecified atom stereocenters. The standard InChI is InChI=1S/C14H16BrN3O2/c1-9-6-10(2)12(16-7-9)14(19)13-11(15)8-17-18(13)4-5-20-3/h6-8H,4-5H2,1-3H3. The lowest BCUT2D eigenvalue weighted by atomic mass is 10.1. The van der Waals surface area contributed by atoms with Crippen LogP contribution in [0.2, 0.25) is 0 Å². The Hall–Kier alpha value is -1.53. The molecule has 0 amide bonds. The molecule has 0 aromatic carbocycles. The highest BCUT2D eigenvalue weighted by Gasteiger charge is 2.21. The fraction of sp³-hybridized carbons (Fsp3) is 0.357. The summed E-state index contributed by atoms with van der Waals surface area (Å²) in [6.45, 7) is 4.85. The Morgan fingerprint density at radius 3 is 2.80 bits per heavy atom. The van der Waals surface area contributed by atoms with Crippen LogP contribution in [0.4, 0.5) is 0 Å². The third-order valence-electron chi connectivity index (χ3n) is 2.95. The third-order valence-corrected chi connectivity index (χ3v) is 3.53. The van der Waals surface area contributed by atoms with E-state index in [0.29, 0.717) is 29.0 Å². The van der Waals surface area contributed by atoms with Gasteiger partial charge in [-0.1, -0.05) is 6.07 Å². The Morgan fingerprint density at radius 1 is 1.40 bits per heavy atom. The van der Waals surface area contributed by atoms with Crippen molar-refractivity contribution in [3.8, 4) is 0 Å². The highest BCUT2D eigenvalue weighted by Crippen LogP contribution is 2.21. The number of hydrogen-bond acceptors (Lipinski definition) is 4. The number of aromatic nitrogens is 3. The lowest BCUT2D eigenvalue weighted by molar-refractivity contribution is 0.101. The monoisotopic (exact) mass is 337 g/mol. The van der Waals surface area contributed by atoms with Crippen molar-refractivity contribution < 1.29 is 9.53 Å². The predicted molar refractivity (Wildman–Crippen MR) is 78.9 cm³/mol. The van der Waals surface area contributed by atoms with E-state index in [1.54, 1.807) is 24.2 Å². The van der Waals surface area contributed by atoms with Gasteiger partial charge in [0.25, 0.3) is 0 Å². The first-order valence-electron chi connectivity index (χ1n) is 6.22. The van der Waals surface area contributed by atoms with Crippen LogP contribution in [-0.2, 0) is 11.3 Å². The van der Waals surface area contributed by atoms with Crippen molar-refractivity contribution in [2.75, 3.05) is 13.7 Å². The molecule has 5 nitrogen and oxygen atoms in total. The molecule has 0 N–H and O–H groups in total. The Morgan fingerprint density at radius 2 is 2.15 bits per heavy atom. The van der Waals surface area contributed by atoms with Crippen LogP contribution in [0.3, 0.4) is 0 Å². The van der Waals surface area contributed by atoms with Crippen LogP contribution in [0, 0.1) is 13.8 Å². The molecule has 2 aromatic rings. The fourth-order valence-corrected chi connectivity index (χ4v) is 2.48. The van der Waals surface area contributed by atoms with Gasteiger partial charge >= 0.3 is 0 Å². The molecule has 0 aliphatic heterocycles. The number of ether oxygens (including phenoxy) is 1. The van der Waals surface area contributed by atoms with Crippen LogP contribution in [-0.4, -0.2) is 34.3 Å². The van der Waals surface area contributed by atoms with E-state index >= 15 is 0 Å². The summed E-state index contributed by atoms with van der Waals surface area (Å²) < 4.78 is 7.33. The molecule has 0 bridgehead atoms. The number of carbonyl (C=O) groups is 1. The summed E-state index contributed by atoms with van der Waals surface area (Å²) in [6, 6.07) is 1.95. The lowest BCUT2D eigenvalue weighted by Crippen LogP contribution is -2.16. The first-order valence-corrected chi connectivity index (χ1v) is 7.02. The fourth-order valence-electron chi connectivity index (χ4n) is 2.00. The number of aryl methyl sites for hydroxylation is 2. The number of hydrogen-bond donors (Lipinski definition) is 0. The van der Waals surface area contributed by atoms with E-state index in [0.717, 1.165) is 11.1 Å². The SMILES string of the molecule is COCCn1ncc(Br)c1C(=O)c1ncc(C)cc1C. The number of pyridine rings is 1. The topological polar surface area (TPSA) is 57.0 Å². The average molecular weight is 338 g/mol. The summed E-state index contributed by atoms with van der Waals surface area (Å²) in [5, 5.41) is 4.19. The summed E-state index contributed by atoms with van der Waals surface area (Å²) in [5.41, 5.74) is 2.85. The number of nitrogens with zero attached hydrogens (tertiary/aromatic N) is 3. The van der Waals surface area contributed by atoms with Crippen molar-refractivity contribution in [3.63, 3.8) is 0 Å². The number of ketones is 1. The van der Waals surface area contributed by atoms with Gasteiger partial charge in [0.15, 0.2) is 0 Å². The maximum atomic E-state index is 12.7. The number of carbonyl (C=O) groups excluding carboxylic acids is 1. The zero-order valence-electron chi connectivity index (χ0n) is 11.7. The second kappa shape index (κ2) is 6.28. The van der Waals surface area contributed by atoms with Gasteiger partial charge in [-0.2, -0.15) is 5.10 Å². The van der Waals surface area contributed by atoms with Crippen LogP contribution in [0.15, 0.2) is 22.9 Å². The van der Waals surface area contributed by atoms with E-state index in [9.17, 15) is 4.79 Å². The molecule has 2 rings (SSSR count). The predicted octanol–water partition coefficient (Wildman–Crippen LogP) is 2.53. The first kappa shape index (κ1) is 14.9. The van der Waals surface area contributed by atoms with Crippen LogP contribution in [0.1, 0.15) is 27.3 Å². The number of halogens is 1. The molecule has 0 aliphatic rings. The van der Waals surface area contributed by atoms with E-state index in [1.165, 1.54) is 0 Å². The second-order valence-corrected chi connectivity index (χ2v) is 5.42. The van der Waals surface area contributed by atoms with E-state index in [1.807, 2.05) is 19.9 Å². The zero-order valence-corrected chi connectivity index (χ0v) is 13.3. The summed E-state index contributed by atoms with van der Waals surface area (Å²) in [6.07, 6.45) is 3.32. The molecule has 2 heterocycles. The molecule has 0 radical (unpaired) electrons. The lowest BCUT2D eigenvalue weighted by Gasteiger charge is -2.08. The summed E-state index contributed by atoms with van der Waals surface area (Å²) in [4.78, 5) is 16.9. The molecular weight excluding hydrogens is 322 g/mol. The normalized spacial score (nSPS) is 10.8. The van der Waals surface area contributed by atoms with Crippen LogP contribution < -0.4 is 0 Å². The molecule has 0 saturated carbocycles. The molecular formula is C14H16BrN3O2. The third kappa shape index (κ3) is 2.96. The van der Waals surface area contributed by atoms with E-state index in [-0.39, 0.29) is 5.78 Å². The minimum atomic E-state index is -0.136. The highest BCUT2D eigenvalue weighted by molar-refractivity contribution is 9.10. The highest BCUT2D eigenvalue weighted by atomic mass is 79.9. The van der Waals surface area contributed by atoms with Gasteiger partial charge in [0.05, 0.1) is 23.8 Å². The van der Waals surface area contributed by atoms with Crippen molar-refractivity contribution in [2.45, 2.75) is 20.4 Å². The van der Waals surface area contributed by atoms with E-state index < -0.39 is 0 Å². The van der Waals surface area contributed by atoms with Crippen molar-refractivity contribution in [1.29, 1.82) is 0 Å². The Balaban J connectivity index is 2.40. The molecule has 20 heavy (non-hydrogen) atoms. The van der Waals surface area contributed by atoms with E-state index in [2.05, 4.69) is 26.0 Å². The van der Waals surface area contributed by atoms with Gasteiger partial charge in [0.1, 0.15) is 11.4 Å². The Kier molecular flexibility index (Phi) is 4.67. The van der Waals surface area contributed by atoms with Crippen LogP contribution >= 0.6 is 15.9 Å².